The van der Waals surface area contributed by atoms with Crippen LogP contribution in [0.2, 0.25) is 0 Å². The van der Waals surface area contributed by atoms with Crippen LogP contribution in [0.15, 0.2) is 12.4 Å². The Bertz CT molecular complexity index is 323. The molecule has 1 unspecified atom stereocenters. The lowest BCUT2D eigenvalue weighted by molar-refractivity contribution is 0.242. The molecule has 1 atom stereocenters. The highest BCUT2D eigenvalue weighted by Crippen LogP contribution is 2.13. The van der Waals surface area contributed by atoms with Gasteiger partial charge in [0.1, 0.15) is 0 Å². The molecular weight excluding hydrogens is 226 g/mol. The lowest BCUT2D eigenvalue weighted by atomic mass is 10.2. The third kappa shape index (κ3) is 5.54. The van der Waals surface area contributed by atoms with E-state index in [4.69, 9.17) is 4.74 Å². The molecule has 0 spiro atoms. The molecule has 0 aliphatic heterocycles. The third-order valence-electron chi connectivity index (χ3n) is 2.80. The lowest BCUT2D eigenvalue weighted by Gasteiger charge is -2.13. The van der Waals surface area contributed by atoms with E-state index in [9.17, 15) is 0 Å². The molecule has 104 valence electrons. The van der Waals surface area contributed by atoms with Crippen molar-refractivity contribution in [2.75, 3.05) is 13.1 Å². The van der Waals surface area contributed by atoms with Gasteiger partial charge in [-0.2, -0.15) is 5.10 Å². The molecule has 0 amide bonds. The Balaban J connectivity index is 2.28. The van der Waals surface area contributed by atoms with Crippen LogP contribution in [-0.4, -0.2) is 29.0 Å². The van der Waals surface area contributed by atoms with Gasteiger partial charge < -0.3 is 10.1 Å². The summed E-state index contributed by atoms with van der Waals surface area (Å²) in [5.41, 5.74) is 0. The molecule has 0 aliphatic rings. The normalized spacial score (nSPS) is 12.9. The average molecular weight is 253 g/mol. The summed E-state index contributed by atoms with van der Waals surface area (Å²) in [6.45, 7) is 10.5. The van der Waals surface area contributed by atoms with Crippen LogP contribution < -0.4 is 10.1 Å². The SMILES string of the molecule is CCCCCNCC(C)n1cc(OC(C)C)cn1. The Hall–Kier alpha value is -1.03. The van der Waals surface area contributed by atoms with Crippen LogP contribution in [0.3, 0.4) is 0 Å². The quantitative estimate of drug-likeness (QED) is 0.688. The van der Waals surface area contributed by atoms with Crippen LogP contribution in [-0.2, 0) is 0 Å². The van der Waals surface area contributed by atoms with Crippen molar-refractivity contribution in [3.05, 3.63) is 12.4 Å². The van der Waals surface area contributed by atoms with Gasteiger partial charge in [0, 0.05) is 6.54 Å². The highest BCUT2D eigenvalue weighted by molar-refractivity contribution is 5.12. The molecule has 0 radical (unpaired) electrons. The molecule has 18 heavy (non-hydrogen) atoms. The number of nitrogens with one attached hydrogen (secondary N) is 1. The Morgan fingerprint density at radius 3 is 2.78 bits per heavy atom. The van der Waals surface area contributed by atoms with E-state index in [1.807, 2.05) is 24.7 Å². The van der Waals surface area contributed by atoms with Gasteiger partial charge in [0.2, 0.25) is 0 Å². The second-order valence-electron chi connectivity index (χ2n) is 5.08. The Morgan fingerprint density at radius 2 is 2.11 bits per heavy atom. The van der Waals surface area contributed by atoms with E-state index < -0.39 is 0 Å². The summed E-state index contributed by atoms with van der Waals surface area (Å²) >= 11 is 0. The molecule has 1 N–H and O–H groups in total. The average Bonchev–Trinajstić information content (AvgIpc) is 2.76. The summed E-state index contributed by atoms with van der Waals surface area (Å²) in [6, 6.07) is 0.358. The number of nitrogens with zero attached hydrogens (tertiary/aromatic N) is 2. The largest absolute Gasteiger partial charge is 0.488 e. The van der Waals surface area contributed by atoms with Gasteiger partial charge in [-0.3, -0.25) is 4.68 Å². The first-order valence-corrected chi connectivity index (χ1v) is 7.05. The van der Waals surface area contributed by atoms with E-state index in [1.165, 1.54) is 19.3 Å². The van der Waals surface area contributed by atoms with Crippen molar-refractivity contribution >= 4 is 0 Å². The van der Waals surface area contributed by atoms with Crippen molar-refractivity contribution < 1.29 is 4.74 Å². The summed E-state index contributed by atoms with van der Waals surface area (Å²) in [7, 11) is 0. The van der Waals surface area contributed by atoms with E-state index >= 15 is 0 Å². The molecule has 1 heterocycles. The first-order chi connectivity index (χ1) is 8.63. The molecule has 0 saturated heterocycles. The molecule has 4 heteroatoms. The predicted octanol–water partition coefficient (Wildman–Crippen LogP) is 3.01. The maximum atomic E-state index is 5.60. The van der Waals surface area contributed by atoms with E-state index in [2.05, 4.69) is 24.3 Å². The summed E-state index contributed by atoms with van der Waals surface area (Å²) in [6.07, 6.45) is 7.78. The number of hydrogen-bond acceptors (Lipinski definition) is 3. The maximum absolute atomic E-state index is 5.60. The van der Waals surface area contributed by atoms with Crippen molar-refractivity contribution in [1.82, 2.24) is 15.1 Å². The van der Waals surface area contributed by atoms with Crippen LogP contribution in [0.4, 0.5) is 0 Å². The number of aromatic nitrogens is 2. The van der Waals surface area contributed by atoms with Crippen molar-refractivity contribution in [1.29, 1.82) is 0 Å². The third-order valence-corrected chi connectivity index (χ3v) is 2.80. The molecule has 0 bridgehead atoms. The Morgan fingerprint density at radius 1 is 1.33 bits per heavy atom. The van der Waals surface area contributed by atoms with Crippen molar-refractivity contribution in [3.8, 4) is 5.75 Å². The fraction of sp³-hybridized carbons (Fsp3) is 0.786. The molecule has 0 saturated carbocycles. The first kappa shape index (κ1) is 15.0. The van der Waals surface area contributed by atoms with Gasteiger partial charge in [-0.1, -0.05) is 19.8 Å². The highest BCUT2D eigenvalue weighted by Gasteiger charge is 2.07. The molecule has 1 aromatic rings. The second-order valence-corrected chi connectivity index (χ2v) is 5.08. The van der Waals surface area contributed by atoms with Gasteiger partial charge in [0.05, 0.1) is 24.5 Å². The van der Waals surface area contributed by atoms with Gasteiger partial charge in [-0.15, -0.1) is 0 Å². The molecule has 0 aromatic carbocycles. The fourth-order valence-electron chi connectivity index (χ4n) is 1.80. The smallest absolute Gasteiger partial charge is 0.157 e. The van der Waals surface area contributed by atoms with Crippen molar-refractivity contribution in [3.63, 3.8) is 0 Å². The summed E-state index contributed by atoms with van der Waals surface area (Å²) in [4.78, 5) is 0. The zero-order chi connectivity index (χ0) is 13.4. The zero-order valence-electron chi connectivity index (χ0n) is 12.1. The molecule has 0 fully saturated rings. The standard InChI is InChI=1S/C14H27N3O/c1-5-6-7-8-15-9-13(4)17-11-14(10-16-17)18-12(2)3/h10-13,15H,5-9H2,1-4H3. The molecule has 0 aliphatic carbocycles. The van der Waals surface area contributed by atoms with E-state index in [-0.39, 0.29) is 6.10 Å². The van der Waals surface area contributed by atoms with E-state index in [1.54, 1.807) is 6.20 Å². The van der Waals surface area contributed by atoms with Crippen LogP contribution in [0.5, 0.6) is 5.75 Å². The number of rotatable bonds is 9. The molecule has 1 rings (SSSR count). The van der Waals surface area contributed by atoms with Crippen LogP contribution in [0, 0.1) is 0 Å². The monoisotopic (exact) mass is 253 g/mol. The van der Waals surface area contributed by atoms with E-state index in [0.29, 0.717) is 6.04 Å². The second kappa shape index (κ2) is 8.14. The Labute approximate surface area is 111 Å². The van der Waals surface area contributed by atoms with Gasteiger partial charge in [-0.25, -0.2) is 0 Å². The topological polar surface area (TPSA) is 39.1 Å². The van der Waals surface area contributed by atoms with E-state index in [0.717, 1.165) is 18.8 Å². The fourth-order valence-corrected chi connectivity index (χ4v) is 1.80. The first-order valence-electron chi connectivity index (χ1n) is 7.05. The molecular formula is C14H27N3O. The molecule has 4 nitrogen and oxygen atoms in total. The zero-order valence-corrected chi connectivity index (χ0v) is 12.1. The highest BCUT2D eigenvalue weighted by atomic mass is 16.5. The van der Waals surface area contributed by atoms with Gasteiger partial charge >= 0.3 is 0 Å². The van der Waals surface area contributed by atoms with Crippen LogP contribution in [0.25, 0.3) is 0 Å². The van der Waals surface area contributed by atoms with Crippen molar-refractivity contribution in [2.45, 2.75) is 59.1 Å². The van der Waals surface area contributed by atoms with Gasteiger partial charge in [0.25, 0.3) is 0 Å². The summed E-state index contributed by atoms with van der Waals surface area (Å²) in [5.74, 6) is 0.850. The van der Waals surface area contributed by atoms with Gasteiger partial charge in [-0.05, 0) is 33.7 Å². The van der Waals surface area contributed by atoms with Crippen molar-refractivity contribution in [2.24, 2.45) is 0 Å². The number of hydrogen-bond donors (Lipinski definition) is 1. The van der Waals surface area contributed by atoms with Crippen LogP contribution >= 0.6 is 0 Å². The summed E-state index contributed by atoms with van der Waals surface area (Å²) in [5, 5.41) is 7.80. The number of ether oxygens (including phenoxy) is 1. The molecule has 1 aromatic heterocycles. The lowest BCUT2D eigenvalue weighted by Crippen LogP contribution is -2.24. The van der Waals surface area contributed by atoms with Crippen LogP contribution in [0.1, 0.15) is 53.0 Å². The van der Waals surface area contributed by atoms with Gasteiger partial charge in [0.15, 0.2) is 5.75 Å². The number of unbranched alkanes of at least 4 members (excludes halogenated alkanes) is 2. The summed E-state index contributed by atoms with van der Waals surface area (Å²) < 4.78 is 7.56. The Kier molecular flexibility index (Phi) is 6.80. The predicted molar refractivity (Wildman–Crippen MR) is 75.1 cm³/mol. The maximum Gasteiger partial charge on any atom is 0.157 e. The minimum atomic E-state index is 0.199. The minimum Gasteiger partial charge on any atom is -0.488 e. The minimum absolute atomic E-state index is 0.199.